The molecule has 2 nitrogen and oxygen atoms in total. The minimum Gasteiger partial charge on any atom is -0.393 e. The average molecular weight is 258 g/mol. The predicted molar refractivity (Wildman–Crippen MR) is 78.6 cm³/mol. The van der Waals surface area contributed by atoms with Crippen LogP contribution in [0.15, 0.2) is 0 Å². The molecular weight excluding hydrogens is 224 g/mol. The molecule has 110 valence electrons. The molecule has 0 aromatic rings. The van der Waals surface area contributed by atoms with Gasteiger partial charge in [0.05, 0.1) is 12.2 Å². The molecule has 0 bridgehead atoms. The standard InChI is InChI=1S/C16H34O2/c1-15(2,3)11-9-13(17)7-8-14(18)10-12-16(4,5)6/h13-14,17-18H,7-12H2,1-6H3. The number of aliphatic hydroxyl groups is 2. The van der Waals surface area contributed by atoms with Gasteiger partial charge in [0.1, 0.15) is 0 Å². The first-order valence-electron chi connectivity index (χ1n) is 7.36. The van der Waals surface area contributed by atoms with Crippen LogP contribution in [0.2, 0.25) is 0 Å². The quantitative estimate of drug-likeness (QED) is 0.720. The van der Waals surface area contributed by atoms with Gasteiger partial charge in [-0.15, -0.1) is 0 Å². The largest absolute Gasteiger partial charge is 0.393 e. The summed E-state index contributed by atoms with van der Waals surface area (Å²) in [5.41, 5.74) is 0.567. The molecule has 0 spiro atoms. The molecule has 2 atom stereocenters. The monoisotopic (exact) mass is 258 g/mol. The number of hydrogen-bond acceptors (Lipinski definition) is 2. The van der Waals surface area contributed by atoms with Crippen LogP contribution in [0.3, 0.4) is 0 Å². The Kier molecular flexibility index (Phi) is 7.46. The van der Waals surface area contributed by atoms with E-state index in [0.29, 0.717) is 0 Å². The van der Waals surface area contributed by atoms with Gasteiger partial charge in [-0.3, -0.25) is 0 Å². The first kappa shape index (κ1) is 17.9. The van der Waals surface area contributed by atoms with Crippen molar-refractivity contribution in [2.24, 2.45) is 10.8 Å². The van der Waals surface area contributed by atoms with Crippen LogP contribution in [0.5, 0.6) is 0 Å². The zero-order valence-corrected chi connectivity index (χ0v) is 13.3. The van der Waals surface area contributed by atoms with Crippen LogP contribution in [0.25, 0.3) is 0 Å². The van der Waals surface area contributed by atoms with Gasteiger partial charge < -0.3 is 10.2 Å². The van der Waals surface area contributed by atoms with E-state index in [0.717, 1.165) is 38.5 Å². The van der Waals surface area contributed by atoms with Gasteiger partial charge >= 0.3 is 0 Å². The molecule has 0 amide bonds. The summed E-state index contributed by atoms with van der Waals surface area (Å²) in [4.78, 5) is 0. The highest BCUT2D eigenvalue weighted by Gasteiger charge is 2.16. The van der Waals surface area contributed by atoms with Gasteiger partial charge in [0.2, 0.25) is 0 Å². The number of hydrogen-bond donors (Lipinski definition) is 2. The lowest BCUT2D eigenvalue weighted by atomic mass is 9.87. The molecule has 0 aliphatic rings. The molecule has 0 saturated carbocycles. The van der Waals surface area contributed by atoms with Crippen LogP contribution >= 0.6 is 0 Å². The SMILES string of the molecule is CC(C)(C)CCC(O)CCC(O)CCC(C)(C)C. The Hall–Kier alpha value is -0.0800. The van der Waals surface area contributed by atoms with E-state index in [2.05, 4.69) is 41.5 Å². The predicted octanol–water partition coefficient (Wildman–Crippen LogP) is 4.14. The van der Waals surface area contributed by atoms with Crippen LogP contribution in [0.1, 0.15) is 80.1 Å². The molecule has 18 heavy (non-hydrogen) atoms. The van der Waals surface area contributed by atoms with E-state index >= 15 is 0 Å². The van der Waals surface area contributed by atoms with Gasteiger partial charge in [0, 0.05) is 0 Å². The van der Waals surface area contributed by atoms with Gasteiger partial charge in [0.15, 0.2) is 0 Å². The fourth-order valence-corrected chi connectivity index (χ4v) is 1.87. The Morgan fingerprint density at radius 2 is 0.889 bits per heavy atom. The minimum atomic E-state index is -0.256. The molecule has 0 aromatic heterocycles. The second-order valence-corrected chi connectivity index (χ2v) is 8.08. The minimum absolute atomic E-state index is 0.256. The van der Waals surface area contributed by atoms with Crippen molar-refractivity contribution in [2.75, 3.05) is 0 Å². The highest BCUT2D eigenvalue weighted by Crippen LogP contribution is 2.25. The molecule has 2 N–H and O–H groups in total. The Bertz CT molecular complexity index is 186. The van der Waals surface area contributed by atoms with Gasteiger partial charge in [-0.05, 0) is 49.4 Å². The topological polar surface area (TPSA) is 40.5 Å². The Morgan fingerprint density at radius 3 is 1.11 bits per heavy atom. The molecule has 2 unspecified atom stereocenters. The van der Waals surface area contributed by atoms with Crippen LogP contribution in [0, 0.1) is 10.8 Å². The summed E-state index contributed by atoms with van der Waals surface area (Å²) in [6.45, 7) is 13.2. The first-order chi connectivity index (χ1) is 7.99. The zero-order valence-electron chi connectivity index (χ0n) is 13.3. The third-order valence-electron chi connectivity index (χ3n) is 3.29. The molecule has 0 aliphatic carbocycles. The van der Waals surface area contributed by atoms with Crippen LogP contribution < -0.4 is 0 Å². The fourth-order valence-electron chi connectivity index (χ4n) is 1.87. The van der Waals surface area contributed by atoms with Crippen LogP contribution in [-0.4, -0.2) is 22.4 Å². The van der Waals surface area contributed by atoms with Crippen molar-refractivity contribution in [1.82, 2.24) is 0 Å². The lowest BCUT2D eigenvalue weighted by Gasteiger charge is -2.22. The van der Waals surface area contributed by atoms with E-state index in [1.807, 2.05) is 0 Å². The third-order valence-corrected chi connectivity index (χ3v) is 3.29. The Labute approximate surface area is 114 Å². The molecule has 0 saturated heterocycles. The summed E-state index contributed by atoms with van der Waals surface area (Å²) < 4.78 is 0. The zero-order chi connectivity index (χ0) is 14.4. The molecule has 0 radical (unpaired) electrons. The molecule has 0 fully saturated rings. The molecule has 0 aromatic carbocycles. The van der Waals surface area contributed by atoms with Crippen molar-refractivity contribution in [3.05, 3.63) is 0 Å². The highest BCUT2D eigenvalue weighted by atomic mass is 16.3. The van der Waals surface area contributed by atoms with E-state index in [-0.39, 0.29) is 23.0 Å². The second kappa shape index (κ2) is 7.49. The third kappa shape index (κ3) is 12.4. The maximum absolute atomic E-state index is 9.88. The normalized spacial score (nSPS) is 16.7. The highest BCUT2D eigenvalue weighted by molar-refractivity contribution is 4.69. The van der Waals surface area contributed by atoms with Gasteiger partial charge in [-0.25, -0.2) is 0 Å². The Balaban J connectivity index is 3.68. The average Bonchev–Trinajstić information content (AvgIpc) is 2.18. The van der Waals surface area contributed by atoms with Crippen molar-refractivity contribution in [3.63, 3.8) is 0 Å². The van der Waals surface area contributed by atoms with E-state index in [4.69, 9.17) is 0 Å². The van der Waals surface area contributed by atoms with Crippen molar-refractivity contribution < 1.29 is 10.2 Å². The van der Waals surface area contributed by atoms with Gasteiger partial charge in [-0.2, -0.15) is 0 Å². The summed E-state index contributed by atoms with van der Waals surface area (Å²) in [6, 6.07) is 0. The molecule has 0 aliphatic heterocycles. The maximum atomic E-state index is 9.88. The summed E-state index contributed by atoms with van der Waals surface area (Å²) in [6.07, 6.45) is 4.69. The van der Waals surface area contributed by atoms with Crippen molar-refractivity contribution >= 4 is 0 Å². The molecular formula is C16H34O2. The van der Waals surface area contributed by atoms with E-state index in [1.165, 1.54) is 0 Å². The second-order valence-electron chi connectivity index (χ2n) is 8.08. The van der Waals surface area contributed by atoms with Crippen LogP contribution in [0.4, 0.5) is 0 Å². The molecule has 0 rings (SSSR count). The van der Waals surface area contributed by atoms with Crippen molar-refractivity contribution in [1.29, 1.82) is 0 Å². The van der Waals surface area contributed by atoms with Crippen molar-refractivity contribution in [2.45, 2.75) is 92.3 Å². The van der Waals surface area contributed by atoms with E-state index in [1.54, 1.807) is 0 Å². The number of rotatable bonds is 7. The maximum Gasteiger partial charge on any atom is 0.0541 e. The summed E-state index contributed by atoms with van der Waals surface area (Å²) in [7, 11) is 0. The lowest BCUT2D eigenvalue weighted by molar-refractivity contribution is 0.0903. The summed E-state index contributed by atoms with van der Waals surface area (Å²) in [5, 5.41) is 19.8. The first-order valence-corrected chi connectivity index (χ1v) is 7.36. The van der Waals surface area contributed by atoms with Crippen molar-refractivity contribution in [3.8, 4) is 0 Å². The van der Waals surface area contributed by atoms with Crippen LogP contribution in [-0.2, 0) is 0 Å². The summed E-state index contributed by atoms with van der Waals surface area (Å²) in [5.74, 6) is 0. The van der Waals surface area contributed by atoms with E-state index in [9.17, 15) is 10.2 Å². The molecule has 0 heterocycles. The smallest absolute Gasteiger partial charge is 0.0541 e. The van der Waals surface area contributed by atoms with E-state index < -0.39 is 0 Å². The van der Waals surface area contributed by atoms with Gasteiger partial charge in [-0.1, -0.05) is 41.5 Å². The fraction of sp³-hybridized carbons (Fsp3) is 1.00. The lowest BCUT2D eigenvalue weighted by Crippen LogP contribution is -2.17. The Morgan fingerprint density at radius 1 is 0.611 bits per heavy atom. The summed E-state index contributed by atoms with van der Waals surface area (Å²) >= 11 is 0. The van der Waals surface area contributed by atoms with Gasteiger partial charge in [0.25, 0.3) is 0 Å². The number of aliphatic hydroxyl groups excluding tert-OH is 2. The molecule has 2 heteroatoms.